The fraction of sp³-hybridized carbons (Fsp3) is 0.611. The minimum Gasteiger partial charge on any atom is -0.444 e. The van der Waals surface area contributed by atoms with E-state index in [4.69, 9.17) is 10.5 Å². The van der Waals surface area contributed by atoms with Crippen LogP contribution in [0.25, 0.3) is 0 Å². The van der Waals surface area contributed by atoms with E-state index in [2.05, 4.69) is 30.0 Å². The van der Waals surface area contributed by atoms with Gasteiger partial charge in [0.1, 0.15) is 5.60 Å². The molecule has 1 saturated heterocycles. The molecule has 1 aromatic rings. The van der Waals surface area contributed by atoms with Gasteiger partial charge in [-0.3, -0.25) is 0 Å². The summed E-state index contributed by atoms with van der Waals surface area (Å²) in [5.41, 5.74) is 9.00. The molecule has 1 fully saturated rings. The van der Waals surface area contributed by atoms with Crippen LogP contribution in [-0.4, -0.2) is 42.8 Å². The molecule has 0 bridgehead atoms. The molecule has 0 saturated carbocycles. The normalized spacial score (nSPS) is 16.2. The van der Waals surface area contributed by atoms with Crippen molar-refractivity contribution in [1.82, 2.24) is 4.90 Å². The Hall–Kier alpha value is -1.75. The number of amides is 1. The van der Waals surface area contributed by atoms with E-state index in [0.717, 1.165) is 31.6 Å². The number of nitrogens with two attached hydrogens (primary N) is 1. The van der Waals surface area contributed by atoms with E-state index in [1.54, 1.807) is 0 Å². The molecular weight excluding hydrogens is 290 g/mol. The van der Waals surface area contributed by atoms with Gasteiger partial charge >= 0.3 is 6.09 Å². The monoisotopic (exact) mass is 319 g/mol. The molecule has 1 aliphatic rings. The molecule has 128 valence electrons. The molecule has 1 aliphatic heterocycles. The molecule has 0 spiro atoms. The van der Waals surface area contributed by atoms with E-state index >= 15 is 0 Å². The third-order valence-corrected chi connectivity index (χ3v) is 3.95. The molecule has 0 aliphatic carbocycles. The fourth-order valence-corrected chi connectivity index (χ4v) is 2.81. The molecule has 1 heterocycles. The van der Waals surface area contributed by atoms with E-state index in [-0.39, 0.29) is 6.09 Å². The van der Waals surface area contributed by atoms with Gasteiger partial charge < -0.3 is 20.3 Å². The van der Waals surface area contributed by atoms with Gasteiger partial charge in [0.25, 0.3) is 0 Å². The fourth-order valence-electron chi connectivity index (χ4n) is 2.81. The summed E-state index contributed by atoms with van der Waals surface area (Å²) in [6.07, 6.45) is 0.708. The van der Waals surface area contributed by atoms with Gasteiger partial charge in [-0.2, -0.15) is 0 Å². The van der Waals surface area contributed by atoms with Crippen molar-refractivity contribution < 1.29 is 9.53 Å². The second kappa shape index (κ2) is 7.21. The maximum Gasteiger partial charge on any atom is 0.410 e. The number of carbonyl (C=O) groups is 1. The van der Waals surface area contributed by atoms with Crippen LogP contribution >= 0.6 is 0 Å². The Morgan fingerprint density at radius 2 is 1.96 bits per heavy atom. The number of rotatable bonds is 2. The van der Waals surface area contributed by atoms with Gasteiger partial charge in [0.2, 0.25) is 0 Å². The van der Waals surface area contributed by atoms with Crippen LogP contribution in [-0.2, 0) is 11.3 Å². The minimum atomic E-state index is -0.452. The Morgan fingerprint density at radius 1 is 1.22 bits per heavy atom. The molecule has 1 amide bonds. The van der Waals surface area contributed by atoms with Crippen molar-refractivity contribution >= 4 is 11.8 Å². The third kappa shape index (κ3) is 4.86. The van der Waals surface area contributed by atoms with Crippen molar-refractivity contribution in [1.29, 1.82) is 0 Å². The van der Waals surface area contributed by atoms with Crippen molar-refractivity contribution in [2.45, 2.75) is 46.3 Å². The second-order valence-corrected chi connectivity index (χ2v) is 7.14. The van der Waals surface area contributed by atoms with Crippen LogP contribution in [0, 0.1) is 6.92 Å². The van der Waals surface area contributed by atoms with E-state index < -0.39 is 5.60 Å². The summed E-state index contributed by atoms with van der Waals surface area (Å²) < 4.78 is 5.49. The summed E-state index contributed by atoms with van der Waals surface area (Å²) in [5, 5.41) is 0. The average molecular weight is 319 g/mol. The highest BCUT2D eigenvalue weighted by atomic mass is 16.6. The highest BCUT2D eigenvalue weighted by Crippen LogP contribution is 2.24. The summed E-state index contributed by atoms with van der Waals surface area (Å²) >= 11 is 0. The van der Waals surface area contributed by atoms with Crippen LogP contribution in [0.3, 0.4) is 0 Å². The standard InChI is InChI=1S/C18H29N3O2/c1-14-6-7-15(13-19)16(12-14)20-8-5-9-21(11-10-20)17(22)23-18(2,3)4/h6-7,12H,5,8-11,13,19H2,1-4H3. The Bertz CT molecular complexity index is 552. The molecule has 2 rings (SSSR count). The lowest BCUT2D eigenvalue weighted by atomic mass is 10.1. The van der Waals surface area contributed by atoms with Gasteiger partial charge in [-0.25, -0.2) is 4.79 Å². The molecule has 23 heavy (non-hydrogen) atoms. The molecule has 0 aromatic heterocycles. The van der Waals surface area contributed by atoms with Gasteiger partial charge in [0.15, 0.2) is 0 Å². The number of hydrogen-bond acceptors (Lipinski definition) is 4. The zero-order chi connectivity index (χ0) is 17.0. The predicted molar refractivity (Wildman–Crippen MR) is 93.7 cm³/mol. The number of ether oxygens (including phenoxy) is 1. The minimum absolute atomic E-state index is 0.220. The van der Waals surface area contributed by atoms with Gasteiger partial charge in [0.05, 0.1) is 0 Å². The van der Waals surface area contributed by atoms with Crippen LogP contribution in [0.2, 0.25) is 0 Å². The third-order valence-electron chi connectivity index (χ3n) is 3.95. The highest BCUT2D eigenvalue weighted by Gasteiger charge is 2.25. The topological polar surface area (TPSA) is 58.8 Å². The zero-order valence-electron chi connectivity index (χ0n) is 14.8. The number of aryl methyl sites for hydroxylation is 1. The first-order valence-electron chi connectivity index (χ1n) is 8.32. The summed E-state index contributed by atoms with van der Waals surface area (Å²) in [5.74, 6) is 0. The maximum atomic E-state index is 12.3. The van der Waals surface area contributed by atoms with Crippen LogP contribution in [0.5, 0.6) is 0 Å². The zero-order valence-corrected chi connectivity index (χ0v) is 14.8. The highest BCUT2D eigenvalue weighted by molar-refractivity contribution is 5.68. The van der Waals surface area contributed by atoms with E-state index in [1.165, 1.54) is 11.3 Å². The van der Waals surface area contributed by atoms with Gasteiger partial charge in [-0.05, 0) is 51.3 Å². The first-order valence-corrected chi connectivity index (χ1v) is 8.32. The SMILES string of the molecule is Cc1ccc(CN)c(N2CCCN(C(=O)OC(C)(C)C)CC2)c1. The summed E-state index contributed by atoms with van der Waals surface area (Å²) in [4.78, 5) is 16.4. The molecule has 5 nitrogen and oxygen atoms in total. The summed E-state index contributed by atoms with van der Waals surface area (Å²) in [6, 6.07) is 6.38. The molecule has 0 atom stereocenters. The van der Waals surface area contributed by atoms with Crippen LogP contribution < -0.4 is 10.6 Å². The summed E-state index contributed by atoms with van der Waals surface area (Å²) in [6.45, 7) is 11.4. The van der Waals surface area contributed by atoms with Gasteiger partial charge in [0, 0.05) is 38.4 Å². The van der Waals surface area contributed by atoms with E-state index in [0.29, 0.717) is 13.1 Å². The molecule has 0 unspecified atom stereocenters. The van der Waals surface area contributed by atoms with Crippen molar-refractivity contribution in [2.24, 2.45) is 5.73 Å². The predicted octanol–water partition coefficient (Wildman–Crippen LogP) is 2.90. The summed E-state index contributed by atoms with van der Waals surface area (Å²) in [7, 11) is 0. The van der Waals surface area contributed by atoms with Crippen LogP contribution in [0.15, 0.2) is 18.2 Å². The Kier molecular flexibility index (Phi) is 5.52. The maximum absolute atomic E-state index is 12.3. The number of carbonyl (C=O) groups excluding carboxylic acids is 1. The first kappa shape index (κ1) is 17.6. The Balaban J connectivity index is 2.07. The Morgan fingerprint density at radius 3 is 2.61 bits per heavy atom. The average Bonchev–Trinajstić information content (AvgIpc) is 2.71. The molecule has 0 radical (unpaired) electrons. The largest absolute Gasteiger partial charge is 0.444 e. The number of anilines is 1. The number of nitrogens with zero attached hydrogens (tertiary/aromatic N) is 2. The number of hydrogen-bond donors (Lipinski definition) is 1. The molecular formula is C18H29N3O2. The van der Waals surface area contributed by atoms with Crippen LogP contribution in [0.4, 0.5) is 10.5 Å². The van der Waals surface area contributed by atoms with Crippen molar-refractivity contribution in [2.75, 3.05) is 31.1 Å². The van der Waals surface area contributed by atoms with Crippen LogP contribution in [0.1, 0.15) is 38.3 Å². The second-order valence-electron chi connectivity index (χ2n) is 7.14. The number of benzene rings is 1. The van der Waals surface area contributed by atoms with Crippen molar-refractivity contribution in [3.63, 3.8) is 0 Å². The van der Waals surface area contributed by atoms with E-state index in [9.17, 15) is 4.79 Å². The first-order chi connectivity index (χ1) is 10.8. The Labute approximate surface area is 139 Å². The lowest BCUT2D eigenvalue weighted by Gasteiger charge is -2.27. The van der Waals surface area contributed by atoms with Gasteiger partial charge in [-0.15, -0.1) is 0 Å². The molecule has 1 aromatic carbocycles. The molecule has 2 N–H and O–H groups in total. The van der Waals surface area contributed by atoms with Gasteiger partial charge in [-0.1, -0.05) is 12.1 Å². The smallest absolute Gasteiger partial charge is 0.410 e. The van der Waals surface area contributed by atoms with Crippen molar-refractivity contribution in [3.05, 3.63) is 29.3 Å². The molecule has 5 heteroatoms. The van der Waals surface area contributed by atoms with E-state index in [1.807, 2.05) is 25.7 Å². The lowest BCUT2D eigenvalue weighted by Crippen LogP contribution is -2.39. The lowest BCUT2D eigenvalue weighted by molar-refractivity contribution is 0.0263. The van der Waals surface area contributed by atoms with Crippen molar-refractivity contribution in [3.8, 4) is 0 Å². The quantitative estimate of drug-likeness (QED) is 0.910.